The Morgan fingerprint density at radius 1 is 1.26 bits per heavy atom. The highest BCUT2D eigenvalue weighted by Gasteiger charge is 2.26. The van der Waals surface area contributed by atoms with Gasteiger partial charge >= 0.3 is 0 Å². The molecule has 1 amide bonds. The Morgan fingerprint density at radius 3 is 2.63 bits per heavy atom. The summed E-state index contributed by atoms with van der Waals surface area (Å²) in [6.07, 6.45) is 8.02. The number of hydrogen-bond acceptors (Lipinski definition) is 4. The van der Waals surface area contributed by atoms with Crippen molar-refractivity contribution in [3.8, 4) is 5.69 Å². The van der Waals surface area contributed by atoms with Gasteiger partial charge in [-0.2, -0.15) is 5.10 Å². The van der Waals surface area contributed by atoms with Crippen LogP contribution in [0, 0.1) is 0 Å². The topological polar surface area (TPSA) is 84.3 Å². The van der Waals surface area contributed by atoms with Gasteiger partial charge in [0.05, 0.1) is 17.6 Å². The number of piperidine rings is 1. The van der Waals surface area contributed by atoms with Crippen molar-refractivity contribution in [2.24, 2.45) is 0 Å². The van der Waals surface area contributed by atoms with Gasteiger partial charge in [0.25, 0.3) is 0 Å². The average molecular weight is 388 g/mol. The molecule has 0 bridgehead atoms. The second kappa shape index (κ2) is 8.49. The lowest BCUT2D eigenvalue weighted by Crippen LogP contribution is -2.46. The minimum atomic E-state index is -3.14. The van der Waals surface area contributed by atoms with E-state index < -0.39 is 10.0 Å². The molecular weight excluding hydrogens is 364 g/mol. The molecule has 1 aromatic carbocycles. The monoisotopic (exact) mass is 388 g/mol. The highest BCUT2D eigenvalue weighted by molar-refractivity contribution is 7.89. The summed E-state index contributed by atoms with van der Waals surface area (Å²) in [6.45, 7) is 2.55. The Hall–Kier alpha value is -2.45. The molecule has 2 aromatic rings. The van der Waals surface area contributed by atoms with E-state index in [1.807, 2.05) is 36.5 Å². The van der Waals surface area contributed by atoms with Crippen LogP contribution in [0.2, 0.25) is 0 Å². The third kappa shape index (κ3) is 5.05. The second-order valence-corrected chi connectivity index (χ2v) is 8.73. The summed E-state index contributed by atoms with van der Waals surface area (Å²) < 4.78 is 27.0. The quantitative estimate of drug-likeness (QED) is 0.765. The molecule has 7 nitrogen and oxygen atoms in total. The molecule has 2 heterocycles. The standard InChI is InChI=1S/C19H24N4O3S/c1-2-27(25,26)22-12-10-17(11-13-22)21-19(24)9-8-16-14-20-23(15-16)18-6-4-3-5-7-18/h3-9,14-15,17H,2,10-13H2,1H3,(H,21,24)/b9-8+. The lowest BCUT2D eigenvalue weighted by Gasteiger charge is -2.31. The van der Waals surface area contributed by atoms with Gasteiger partial charge in [-0.05, 0) is 38.0 Å². The molecule has 0 radical (unpaired) electrons. The van der Waals surface area contributed by atoms with Crippen molar-refractivity contribution < 1.29 is 13.2 Å². The van der Waals surface area contributed by atoms with Crippen LogP contribution in [0.25, 0.3) is 11.8 Å². The first kappa shape index (κ1) is 19.3. The Bertz CT molecular complexity index is 898. The number of aromatic nitrogens is 2. The average Bonchev–Trinajstić information content (AvgIpc) is 3.17. The largest absolute Gasteiger partial charge is 0.350 e. The number of hydrogen-bond donors (Lipinski definition) is 1. The number of rotatable bonds is 6. The normalized spacial score (nSPS) is 16.6. The van der Waals surface area contributed by atoms with E-state index in [1.165, 1.54) is 10.4 Å². The molecule has 1 saturated heterocycles. The Labute approximate surface area is 159 Å². The van der Waals surface area contributed by atoms with E-state index in [4.69, 9.17) is 0 Å². The number of amides is 1. The van der Waals surface area contributed by atoms with Crippen LogP contribution in [0.5, 0.6) is 0 Å². The van der Waals surface area contributed by atoms with Gasteiger partial charge in [-0.3, -0.25) is 4.79 Å². The van der Waals surface area contributed by atoms with Crippen molar-refractivity contribution in [3.05, 3.63) is 54.4 Å². The molecule has 1 aliphatic heterocycles. The summed E-state index contributed by atoms with van der Waals surface area (Å²) in [5.74, 6) is -0.0667. The predicted octanol–water partition coefficient (Wildman–Crippen LogP) is 1.82. The van der Waals surface area contributed by atoms with Crippen LogP contribution in [-0.2, 0) is 14.8 Å². The van der Waals surface area contributed by atoms with Gasteiger partial charge in [0.2, 0.25) is 15.9 Å². The third-order valence-electron chi connectivity index (χ3n) is 4.61. The summed E-state index contributed by atoms with van der Waals surface area (Å²) in [6, 6.07) is 9.74. The summed E-state index contributed by atoms with van der Waals surface area (Å²) in [7, 11) is -3.14. The number of nitrogens with one attached hydrogen (secondary N) is 1. The predicted molar refractivity (Wildman–Crippen MR) is 105 cm³/mol. The number of para-hydroxylation sites is 1. The van der Waals surface area contributed by atoms with Crippen molar-refractivity contribution in [2.75, 3.05) is 18.8 Å². The molecule has 1 aromatic heterocycles. The summed E-state index contributed by atoms with van der Waals surface area (Å²) in [4.78, 5) is 12.1. The lowest BCUT2D eigenvalue weighted by atomic mass is 10.1. The number of carbonyl (C=O) groups is 1. The van der Waals surface area contributed by atoms with E-state index >= 15 is 0 Å². The van der Waals surface area contributed by atoms with Crippen molar-refractivity contribution in [1.29, 1.82) is 0 Å². The summed E-state index contributed by atoms with van der Waals surface area (Å²) >= 11 is 0. The maximum atomic E-state index is 12.1. The number of nitrogens with zero attached hydrogens (tertiary/aromatic N) is 3. The highest BCUT2D eigenvalue weighted by Crippen LogP contribution is 2.14. The molecule has 0 spiro atoms. The first-order valence-electron chi connectivity index (χ1n) is 9.04. The molecule has 1 fully saturated rings. The third-order valence-corrected chi connectivity index (χ3v) is 6.49. The van der Waals surface area contributed by atoms with Gasteiger partial charge in [-0.1, -0.05) is 18.2 Å². The molecule has 0 unspecified atom stereocenters. The Morgan fingerprint density at radius 2 is 1.96 bits per heavy atom. The zero-order valence-corrected chi connectivity index (χ0v) is 16.1. The van der Waals surface area contributed by atoms with Crippen molar-refractivity contribution >= 4 is 22.0 Å². The van der Waals surface area contributed by atoms with Crippen molar-refractivity contribution in [3.63, 3.8) is 0 Å². The fraction of sp³-hybridized carbons (Fsp3) is 0.368. The van der Waals surface area contributed by atoms with Crippen molar-refractivity contribution in [2.45, 2.75) is 25.8 Å². The van der Waals surface area contributed by atoms with Crippen LogP contribution in [-0.4, -0.2) is 53.3 Å². The van der Waals surface area contributed by atoms with E-state index in [0.717, 1.165) is 11.3 Å². The molecule has 1 aliphatic rings. The first-order chi connectivity index (χ1) is 13.0. The van der Waals surface area contributed by atoms with E-state index in [9.17, 15) is 13.2 Å². The molecule has 144 valence electrons. The van der Waals surface area contributed by atoms with E-state index in [-0.39, 0.29) is 17.7 Å². The lowest BCUT2D eigenvalue weighted by molar-refractivity contribution is -0.117. The SMILES string of the molecule is CCS(=O)(=O)N1CCC(NC(=O)/C=C/c2cnn(-c3ccccc3)c2)CC1. The molecule has 0 atom stereocenters. The van der Waals surface area contributed by atoms with Crippen LogP contribution in [0.3, 0.4) is 0 Å². The van der Waals surface area contributed by atoms with Crippen LogP contribution in [0.1, 0.15) is 25.3 Å². The van der Waals surface area contributed by atoms with Gasteiger partial charge in [-0.25, -0.2) is 17.4 Å². The zero-order valence-electron chi connectivity index (χ0n) is 15.3. The van der Waals surface area contributed by atoms with Gasteiger partial charge in [0, 0.05) is 37.0 Å². The first-order valence-corrected chi connectivity index (χ1v) is 10.7. The van der Waals surface area contributed by atoms with E-state index in [2.05, 4.69) is 10.4 Å². The summed E-state index contributed by atoms with van der Waals surface area (Å²) in [5, 5.41) is 7.23. The van der Waals surface area contributed by atoms with E-state index in [1.54, 1.807) is 23.9 Å². The van der Waals surface area contributed by atoms with Crippen LogP contribution in [0.15, 0.2) is 48.8 Å². The number of benzene rings is 1. The van der Waals surface area contributed by atoms with Gasteiger partial charge in [0.15, 0.2) is 0 Å². The van der Waals surface area contributed by atoms with Crippen LogP contribution in [0.4, 0.5) is 0 Å². The highest BCUT2D eigenvalue weighted by atomic mass is 32.2. The second-order valence-electron chi connectivity index (χ2n) is 6.47. The molecular formula is C19H24N4O3S. The maximum Gasteiger partial charge on any atom is 0.244 e. The van der Waals surface area contributed by atoms with Gasteiger partial charge < -0.3 is 5.32 Å². The minimum absolute atomic E-state index is 0.00232. The fourth-order valence-corrected chi connectivity index (χ4v) is 4.16. The molecule has 8 heteroatoms. The molecule has 3 rings (SSSR count). The van der Waals surface area contributed by atoms with E-state index in [0.29, 0.717) is 25.9 Å². The van der Waals surface area contributed by atoms with Gasteiger partial charge in [0.1, 0.15) is 0 Å². The molecule has 0 saturated carbocycles. The Kier molecular flexibility index (Phi) is 6.08. The summed E-state index contributed by atoms with van der Waals surface area (Å²) in [5.41, 5.74) is 1.79. The van der Waals surface area contributed by atoms with Gasteiger partial charge in [-0.15, -0.1) is 0 Å². The number of carbonyl (C=O) groups excluding carboxylic acids is 1. The zero-order chi connectivity index (χ0) is 19.3. The van der Waals surface area contributed by atoms with Crippen molar-refractivity contribution in [1.82, 2.24) is 19.4 Å². The number of sulfonamides is 1. The maximum absolute atomic E-state index is 12.1. The Balaban J connectivity index is 1.51. The van der Waals surface area contributed by atoms with Crippen LogP contribution < -0.4 is 5.32 Å². The molecule has 27 heavy (non-hydrogen) atoms. The smallest absolute Gasteiger partial charge is 0.244 e. The fourth-order valence-electron chi connectivity index (χ4n) is 3.03. The molecule has 0 aliphatic carbocycles. The minimum Gasteiger partial charge on any atom is -0.350 e. The molecule has 1 N–H and O–H groups in total. The van der Waals surface area contributed by atoms with Crippen LogP contribution >= 0.6 is 0 Å².